The van der Waals surface area contributed by atoms with Crippen LogP contribution in [0.1, 0.15) is 40.9 Å². The molecule has 0 aromatic heterocycles. The van der Waals surface area contributed by atoms with Gasteiger partial charge in [-0.3, -0.25) is 0 Å². The Balaban J connectivity index is 1.62. The molecule has 3 aromatic carbocycles. The molecule has 2 aliphatic heterocycles. The molecule has 0 saturated carbocycles. The molecule has 2 aliphatic rings. The van der Waals surface area contributed by atoms with E-state index in [1.807, 2.05) is 47.5 Å². The molecule has 146 valence electrons. The Labute approximate surface area is 175 Å². The number of hydrogen-bond acceptors (Lipinski definition) is 4. The fourth-order valence-electron chi connectivity index (χ4n) is 4.05. The Morgan fingerprint density at radius 3 is 2.62 bits per heavy atom. The van der Waals surface area contributed by atoms with Crippen molar-refractivity contribution in [2.45, 2.75) is 25.6 Å². The molecule has 2 heterocycles. The van der Waals surface area contributed by atoms with E-state index in [2.05, 4.69) is 31.2 Å². The van der Waals surface area contributed by atoms with Gasteiger partial charge >= 0.3 is 0 Å². The van der Waals surface area contributed by atoms with Gasteiger partial charge in [0.15, 0.2) is 0 Å². The zero-order valence-electron chi connectivity index (χ0n) is 16.3. The maximum atomic E-state index is 6.41. The van der Waals surface area contributed by atoms with Gasteiger partial charge in [0.05, 0.1) is 24.4 Å². The first-order chi connectivity index (χ1) is 14.1. The van der Waals surface area contributed by atoms with Gasteiger partial charge in [0, 0.05) is 17.0 Å². The van der Waals surface area contributed by atoms with Crippen LogP contribution in [-0.4, -0.2) is 17.8 Å². The maximum Gasteiger partial charge on any atom is 0.217 e. The number of halogens is 1. The van der Waals surface area contributed by atoms with Crippen molar-refractivity contribution in [1.82, 2.24) is 5.01 Å². The molecule has 0 aliphatic carbocycles. The molecule has 0 fully saturated rings. The summed E-state index contributed by atoms with van der Waals surface area (Å²) in [6.07, 6.45) is 0.429. The van der Waals surface area contributed by atoms with E-state index in [0.29, 0.717) is 5.02 Å². The minimum Gasteiger partial charge on any atom is -0.496 e. The predicted octanol–water partition coefficient (Wildman–Crippen LogP) is 5.90. The van der Waals surface area contributed by atoms with E-state index in [4.69, 9.17) is 26.2 Å². The fourth-order valence-corrected chi connectivity index (χ4v) is 4.23. The van der Waals surface area contributed by atoms with Crippen molar-refractivity contribution in [1.29, 1.82) is 0 Å². The second kappa shape index (κ2) is 7.12. The van der Waals surface area contributed by atoms with Gasteiger partial charge in [-0.2, -0.15) is 5.10 Å². The van der Waals surface area contributed by atoms with E-state index < -0.39 is 0 Å². The standard InChI is InChI=1S/C24H21ClN2O2/c1-15-7-9-16(10-8-15)20-14-21-19-13-17(25)11-12-23(19)29-24(27(21)26-20)18-5-3-4-6-22(18)28-2/h3-13,21,24H,14H2,1-2H3/t21-,24-/m1/s1. The Kier molecular flexibility index (Phi) is 4.44. The smallest absolute Gasteiger partial charge is 0.217 e. The van der Waals surface area contributed by atoms with Gasteiger partial charge in [-0.25, -0.2) is 5.01 Å². The SMILES string of the molecule is COc1ccccc1[C@H]1Oc2ccc(Cl)cc2[C@H]2CC(c3ccc(C)cc3)=NN21. The van der Waals surface area contributed by atoms with E-state index in [9.17, 15) is 0 Å². The highest BCUT2D eigenvalue weighted by atomic mass is 35.5. The number of methoxy groups -OCH3 is 1. The summed E-state index contributed by atoms with van der Waals surface area (Å²) in [6.45, 7) is 2.09. The topological polar surface area (TPSA) is 34.1 Å². The van der Waals surface area contributed by atoms with Crippen molar-refractivity contribution >= 4 is 17.3 Å². The van der Waals surface area contributed by atoms with Gasteiger partial charge in [0.1, 0.15) is 11.5 Å². The van der Waals surface area contributed by atoms with E-state index >= 15 is 0 Å². The molecule has 0 amide bonds. The van der Waals surface area contributed by atoms with Crippen molar-refractivity contribution in [2.75, 3.05) is 7.11 Å². The van der Waals surface area contributed by atoms with Gasteiger partial charge in [0.2, 0.25) is 6.23 Å². The first-order valence-electron chi connectivity index (χ1n) is 9.66. The molecule has 0 saturated heterocycles. The zero-order valence-corrected chi connectivity index (χ0v) is 17.1. The van der Waals surface area contributed by atoms with E-state index in [-0.39, 0.29) is 12.3 Å². The minimum absolute atomic E-state index is 0.0589. The second-order valence-corrected chi connectivity index (χ2v) is 7.84. The van der Waals surface area contributed by atoms with Crippen LogP contribution in [0.5, 0.6) is 11.5 Å². The summed E-state index contributed by atoms with van der Waals surface area (Å²) in [5, 5.41) is 7.75. The number of aryl methyl sites for hydroxylation is 1. The Morgan fingerprint density at radius 1 is 1.03 bits per heavy atom. The lowest BCUT2D eigenvalue weighted by Crippen LogP contribution is -2.33. The van der Waals surface area contributed by atoms with Crippen LogP contribution >= 0.6 is 11.6 Å². The highest BCUT2D eigenvalue weighted by Crippen LogP contribution is 2.49. The molecule has 4 nitrogen and oxygen atoms in total. The summed E-state index contributed by atoms with van der Waals surface area (Å²) >= 11 is 6.31. The van der Waals surface area contributed by atoms with E-state index in [1.165, 1.54) is 5.56 Å². The van der Waals surface area contributed by atoms with Crippen LogP contribution in [0.15, 0.2) is 71.8 Å². The van der Waals surface area contributed by atoms with Gasteiger partial charge in [-0.1, -0.05) is 53.6 Å². The van der Waals surface area contributed by atoms with Gasteiger partial charge in [-0.05, 0) is 42.8 Å². The quantitative estimate of drug-likeness (QED) is 0.545. The van der Waals surface area contributed by atoms with Gasteiger partial charge in [0.25, 0.3) is 0 Å². The molecule has 5 heteroatoms. The number of para-hydroxylation sites is 1. The van der Waals surface area contributed by atoms with Crippen molar-refractivity contribution < 1.29 is 9.47 Å². The number of fused-ring (bicyclic) bond motifs is 3. The Morgan fingerprint density at radius 2 is 1.83 bits per heavy atom. The first kappa shape index (κ1) is 18.1. The van der Waals surface area contributed by atoms with Crippen LogP contribution < -0.4 is 9.47 Å². The average molecular weight is 405 g/mol. The summed E-state index contributed by atoms with van der Waals surface area (Å²) in [5.41, 5.74) is 5.43. The van der Waals surface area contributed by atoms with E-state index in [0.717, 1.165) is 40.3 Å². The monoisotopic (exact) mass is 404 g/mol. The zero-order chi connectivity index (χ0) is 20.0. The summed E-state index contributed by atoms with van der Waals surface area (Å²) in [7, 11) is 1.68. The first-order valence-corrected chi connectivity index (χ1v) is 10.0. The molecule has 0 bridgehead atoms. The highest BCUT2D eigenvalue weighted by Gasteiger charge is 2.42. The number of ether oxygens (including phenoxy) is 2. The van der Waals surface area contributed by atoms with Crippen LogP contribution in [0.25, 0.3) is 0 Å². The molecule has 0 unspecified atom stereocenters. The van der Waals surface area contributed by atoms with Crippen LogP contribution in [0, 0.1) is 6.92 Å². The average Bonchev–Trinajstić information content (AvgIpc) is 3.19. The molecular formula is C24H21ClN2O2. The molecule has 3 aromatic rings. The second-order valence-electron chi connectivity index (χ2n) is 7.41. The van der Waals surface area contributed by atoms with Crippen LogP contribution in [0.2, 0.25) is 5.02 Å². The lowest BCUT2D eigenvalue weighted by molar-refractivity contribution is -0.0203. The Hall–Kier alpha value is -2.98. The molecule has 0 radical (unpaired) electrons. The normalized spacial score (nSPS) is 19.8. The van der Waals surface area contributed by atoms with Gasteiger partial charge < -0.3 is 9.47 Å². The van der Waals surface area contributed by atoms with E-state index in [1.54, 1.807) is 7.11 Å². The largest absolute Gasteiger partial charge is 0.496 e. The third-order valence-corrected chi connectivity index (χ3v) is 5.78. The molecule has 0 N–H and O–H groups in total. The third kappa shape index (κ3) is 3.14. The summed E-state index contributed by atoms with van der Waals surface area (Å²) in [4.78, 5) is 0. The number of hydrazone groups is 1. The van der Waals surface area contributed by atoms with Crippen molar-refractivity contribution in [2.24, 2.45) is 5.10 Å². The van der Waals surface area contributed by atoms with Crippen LogP contribution in [0.4, 0.5) is 0 Å². The number of hydrogen-bond donors (Lipinski definition) is 0. The van der Waals surface area contributed by atoms with Crippen LogP contribution in [0.3, 0.4) is 0 Å². The van der Waals surface area contributed by atoms with Crippen molar-refractivity contribution in [3.8, 4) is 11.5 Å². The number of nitrogens with zero attached hydrogens (tertiary/aromatic N) is 2. The lowest BCUT2D eigenvalue weighted by Gasteiger charge is -2.38. The van der Waals surface area contributed by atoms with Crippen LogP contribution in [-0.2, 0) is 0 Å². The summed E-state index contributed by atoms with van der Waals surface area (Å²) in [5.74, 6) is 1.62. The highest BCUT2D eigenvalue weighted by molar-refractivity contribution is 6.30. The Bertz CT molecular complexity index is 1090. The summed E-state index contributed by atoms with van der Waals surface area (Å²) in [6, 6.07) is 22.3. The molecule has 2 atom stereocenters. The number of rotatable bonds is 3. The summed E-state index contributed by atoms with van der Waals surface area (Å²) < 4.78 is 12.0. The predicted molar refractivity (Wildman–Crippen MR) is 115 cm³/mol. The molecule has 0 spiro atoms. The molecular weight excluding hydrogens is 384 g/mol. The lowest BCUT2D eigenvalue weighted by atomic mass is 9.95. The fraction of sp³-hybridized carbons (Fsp3) is 0.208. The number of benzene rings is 3. The maximum absolute atomic E-state index is 6.41. The van der Waals surface area contributed by atoms with Gasteiger partial charge in [-0.15, -0.1) is 0 Å². The third-order valence-electron chi connectivity index (χ3n) is 5.54. The van der Waals surface area contributed by atoms with Crippen molar-refractivity contribution in [3.05, 3.63) is 94.0 Å². The molecule has 29 heavy (non-hydrogen) atoms. The molecule has 5 rings (SSSR count). The minimum atomic E-state index is -0.368. The van der Waals surface area contributed by atoms with Crippen molar-refractivity contribution in [3.63, 3.8) is 0 Å².